The summed E-state index contributed by atoms with van der Waals surface area (Å²) in [5.41, 5.74) is 7.15. The summed E-state index contributed by atoms with van der Waals surface area (Å²) in [6, 6.07) is 30.4. The third kappa shape index (κ3) is 12.6. The number of aliphatic hydroxyl groups excluding tert-OH is 1. The largest absolute Gasteiger partial charge is 0.497 e. The van der Waals surface area contributed by atoms with Crippen LogP contribution in [0.5, 0.6) is 17.2 Å². The van der Waals surface area contributed by atoms with Gasteiger partial charge in [0.25, 0.3) is 0 Å². The summed E-state index contributed by atoms with van der Waals surface area (Å²) in [5.74, 6) is 3.04. The molecule has 3 N–H and O–H groups in total. The number of nitrogens with one attached hydrogen (secondary N) is 2. The zero-order valence-electron chi connectivity index (χ0n) is 36.0. The van der Waals surface area contributed by atoms with E-state index in [0.29, 0.717) is 36.0 Å². The van der Waals surface area contributed by atoms with Gasteiger partial charge in [-0.05, 0) is 78.1 Å². The molecule has 12 heteroatoms. The number of nitrogens with zero attached hydrogens (tertiary/aromatic N) is 2. The molecule has 326 valence electrons. The summed E-state index contributed by atoms with van der Waals surface area (Å²) in [7, 11) is 4.88. The van der Waals surface area contributed by atoms with Crippen LogP contribution in [0.25, 0.3) is 44.8 Å². The summed E-state index contributed by atoms with van der Waals surface area (Å²) >= 11 is 0. The first-order chi connectivity index (χ1) is 30.4. The lowest BCUT2D eigenvalue weighted by atomic mass is 9.97. The minimum atomic E-state index is -0.106. The van der Waals surface area contributed by atoms with Crippen molar-refractivity contribution in [3.8, 4) is 62.0 Å². The molecule has 2 amide bonds. The first kappa shape index (κ1) is 45.1. The van der Waals surface area contributed by atoms with Crippen LogP contribution < -0.4 is 24.8 Å². The second-order valence-electron chi connectivity index (χ2n) is 15.3. The normalized spacial score (nSPS) is 11.0. The van der Waals surface area contributed by atoms with Gasteiger partial charge in [0, 0.05) is 24.2 Å². The number of aromatic nitrogens is 2. The molecule has 0 radical (unpaired) electrons. The Bertz CT molecular complexity index is 2120. The van der Waals surface area contributed by atoms with Gasteiger partial charge in [-0.25, -0.2) is 0 Å². The Morgan fingerprint density at radius 1 is 0.484 bits per heavy atom. The van der Waals surface area contributed by atoms with Crippen molar-refractivity contribution in [1.82, 2.24) is 20.9 Å². The van der Waals surface area contributed by atoms with Gasteiger partial charge in [-0.2, -0.15) is 0 Å². The first-order valence-corrected chi connectivity index (χ1v) is 21.5. The molecule has 0 aliphatic rings. The van der Waals surface area contributed by atoms with E-state index in [9.17, 15) is 14.7 Å². The zero-order chi connectivity index (χ0) is 43.5. The van der Waals surface area contributed by atoms with Gasteiger partial charge in [-0.1, -0.05) is 110 Å². The zero-order valence-corrected chi connectivity index (χ0v) is 36.0. The molecule has 0 bridgehead atoms. The maximum atomic E-state index is 13.0. The van der Waals surface area contributed by atoms with Crippen molar-refractivity contribution in [2.75, 3.05) is 34.4 Å². The van der Waals surface area contributed by atoms with Gasteiger partial charge in [0.2, 0.25) is 11.8 Å². The highest BCUT2D eigenvalue weighted by atomic mass is 16.5. The monoisotopic (exact) mass is 842 g/mol. The van der Waals surface area contributed by atoms with Gasteiger partial charge in [-0.3, -0.25) is 9.59 Å². The molecule has 0 atom stereocenters. The molecule has 6 aromatic rings. The summed E-state index contributed by atoms with van der Waals surface area (Å²) < 4.78 is 27.5. The summed E-state index contributed by atoms with van der Waals surface area (Å²) in [5, 5.41) is 24.3. The molecule has 6 rings (SSSR count). The predicted molar refractivity (Wildman–Crippen MR) is 240 cm³/mol. The topological polar surface area (TPSA) is 158 Å². The molecule has 0 aliphatic carbocycles. The number of benzene rings is 4. The number of carbonyl (C=O) groups excluding carboxylic acids is 2. The number of hydrogen-bond acceptors (Lipinski definition) is 10. The SMILES string of the molecule is COc1ccc(-c2noc(CC(=O)NCCCCCCCCCCCCNC(=O)Cc3onc(-c4ccc(CO)cc4)c3-c3ccc(OC)cc3)c2-c2ccc(OC)cc2)cc1. The Morgan fingerprint density at radius 3 is 1.15 bits per heavy atom. The van der Waals surface area contributed by atoms with Crippen LogP contribution in [0.1, 0.15) is 81.3 Å². The summed E-state index contributed by atoms with van der Waals surface area (Å²) in [6.45, 7) is 1.19. The standard InChI is InChI=1S/C50H58N4O8/c1-58-40-24-18-36(19-25-40)47-43(61-53-49(47)38-16-14-35(34-55)15-17-38)32-45(56)51-30-12-10-8-6-4-5-7-9-11-13-31-52-46(57)33-44-48(37-20-26-41(59-2)27-21-37)50(54-62-44)39-22-28-42(60-3)29-23-39/h14-29,55H,4-13,30-34H2,1-3H3,(H,51,56)(H,52,57). The van der Waals surface area contributed by atoms with E-state index in [0.717, 1.165) is 94.7 Å². The summed E-state index contributed by atoms with van der Waals surface area (Å²) in [6.07, 6.45) is 11.2. The van der Waals surface area contributed by atoms with Crippen LogP contribution in [0.3, 0.4) is 0 Å². The molecule has 0 fully saturated rings. The van der Waals surface area contributed by atoms with E-state index < -0.39 is 0 Å². The van der Waals surface area contributed by atoms with Crippen molar-refractivity contribution in [1.29, 1.82) is 0 Å². The van der Waals surface area contributed by atoms with Gasteiger partial charge in [-0.15, -0.1) is 0 Å². The molecule has 0 saturated heterocycles. The molecule has 0 spiro atoms. The predicted octanol–water partition coefficient (Wildman–Crippen LogP) is 9.77. The van der Waals surface area contributed by atoms with Crippen molar-refractivity contribution in [3.63, 3.8) is 0 Å². The average molecular weight is 843 g/mol. The fraction of sp³-hybridized carbons (Fsp3) is 0.360. The highest BCUT2D eigenvalue weighted by Crippen LogP contribution is 2.38. The molecule has 0 saturated carbocycles. The minimum Gasteiger partial charge on any atom is -0.497 e. The number of methoxy groups -OCH3 is 3. The van der Waals surface area contributed by atoms with Crippen LogP contribution in [-0.4, -0.2) is 61.7 Å². The average Bonchev–Trinajstić information content (AvgIpc) is 3.93. The second kappa shape index (κ2) is 23.6. The molecule has 2 heterocycles. The van der Waals surface area contributed by atoms with Gasteiger partial charge in [0.1, 0.15) is 28.6 Å². The third-order valence-corrected chi connectivity index (χ3v) is 10.9. The Labute approximate surface area is 364 Å². The van der Waals surface area contributed by atoms with Crippen molar-refractivity contribution in [2.24, 2.45) is 0 Å². The van der Waals surface area contributed by atoms with Crippen LogP contribution in [-0.2, 0) is 29.0 Å². The molecule has 4 aromatic carbocycles. The smallest absolute Gasteiger partial charge is 0.227 e. The molecule has 2 aromatic heterocycles. The number of aliphatic hydroxyl groups is 1. The van der Waals surface area contributed by atoms with Crippen molar-refractivity contribution >= 4 is 11.8 Å². The lowest BCUT2D eigenvalue weighted by Gasteiger charge is -2.08. The quantitative estimate of drug-likeness (QED) is 0.0474. The van der Waals surface area contributed by atoms with Gasteiger partial charge in [0.15, 0.2) is 11.5 Å². The molecule has 0 aliphatic heterocycles. The number of rotatable bonds is 25. The fourth-order valence-corrected chi connectivity index (χ4v) is 7.45. The van der Waals surface area contributed by atoms with E-state index in [1.54, 1.807) is 21.3 Å². The lowest BCUT2D eigenvalue weighted by Crippen LogP contribution is -2.26. The maximum Gasteiger partial charge on any atom is 0.227 e. The van der Waals surface area contributed by atoms with Crippen molar-refractivity contribution in [3.05, 3.63) is 114 Å². The number of unbranched alkanes of at least 4 members (excludes halogenated alkanes) is 9. The van der Waals surface area contributed by atoms with Crippen LogP contribution in [0, 0.1) is 0 Å². The van der Waals surface area contributed by atoms with Crippen molar-refractivity contribution < 1.29 is 38.0 Å². The molecular weight excluding hydrogens is 785 g/mol. The number of ether oxygens (including phenoxy) is 3. The molecular formula is C50H58N4O8. The van der Waals surface area contributed by atoms with Crippen molar-refractivity contribution in [2.45, 2.75) is 83.7 Å². The van der Waals surface area contributed by atoms with Crippen LogP contribution >= 0.6 is 0 Å². The van der Waals surface area contributed by atoms with Gasteiger partial charge >= 0.3 is 0 Å². The van der Waals surface area contributed by atoms with Gasteiger partial charge < -0.3 is 39.0 Å². The fourth-order valence-electron chi connectivity index (χ4n) is 7.45. The van der Waals surface area contributed by atoms with E-state index in [2.05, 4.69) is 20.9 Å². The van der Waals surface area contributed by atoms with Crippen LogP contribution in [0.15, 0.2) is 106 Å². The van der Waals surface area contributed by atoms with E-state index in [1.807, 2.05) is 97.1 Å². The number of carbonyl (C=O) groups is 2. The van der Waals surface area contributed by atoms with Gasteiger partial charge in [0.05, 0.1) is 51.9 Å². The highest BCUT2D eigenvalue weighted by molar-refractivity contribution is 5.88. The summed E-state index contributed by atoms with van der Waals surface area (Å²) in [4.78, 5) is 26.0. The highest BCUT2D eigenvalue weighted by Gasteiger charge is 2.23. The Morgan fingerprint density at radius 2 is 0.806 bits per heavy atom. The maximum absolute atomic E-state index is 13.0. The third-order valence-electron chi connectivity index (χ3n) is 10.9. The molecule has 62 heavy (non-hydrogen) atoms. The molecule has 12 nitrogen and oxygen atoms in total. The van der Waals surface area contributed by atoms with E-state index in [4.69, 9.17) is 23.3 Å². The first-order valence-electron chi connectivity index (χ1n) is 21.5. The Kier molecular flexibility index (Phi) is 17.2. The minimum absolute atomic E-state index is 0.0424. The number of amides is 2. The number of hydrogen-bond donors (Lipinski definition) is 3. The van der Waals surface area contributed by atoms with Crippen LogP contribution in [0.2, 0.25) is 0 Å². The van der Waals surface area contributed by atoms with E-state index in [1.165, 1.54) is 25.7 Å². The second-order valence-corrected chi connectivity index (χ2v) is 15.3. The Hall–Kier alpha value is -6.40. The molecule has 0 unspecified atom stereocenters. The van der Waals surface area contributed by atoms with Crippen LogP contribution in [0.4, 0.5) is 0 Å². The Balaban J connectivity index is 0.840. The lowest BCUT2D eigenvalue weighted by molar-refractivity contribution is -0.121. The van der Waals surface area contributed by atoms with E-state index >= 15 is 0 Å². The van der Waals surface area contributed by atoms with E-state index in [-0.39, 0.29) is 31.3 Å².